The maximum Gasteiger partial charge on any atom is 0.255 e. The predicted octanol–water partition coefficient (Wildman–Crippen LogP) is 2.45. The highest BCUT2D eigenvalue weighted by Crippen LogP contribution is 2.29. The van der Waals surface area contributed by atoms with E-state index in [2.05, 4.69) is 27.8 Å². The molecule has 3 fully saturated rings. The second-order valence-electron chi connectivity index (χ2n) is 9.32. The molecule has 6 nitrogen and oxygen atoms in total. The Bertz CT molecular complexity index is 698. The topological polar surface area (TPSA) is 59.9 Å². The fraction of sp³-hybridized carbons (Fsp3) is 0.739. The van der Waals surface area contributed by atoms with Crippen molar-refractivity contribution >= 4 is 11.6 Å². The molecule has 0 radical (unpaired) electrons. The lowest BCUT2D eigenvalue weighted by atomic mass is 9.86. The van der Waals surface area contributed by atoms with Crippen LogP contribution in [0, 0.1) is 12.8 Å². The molecule has 6 heteroatoms. The number of piperidine rings is 1. The molecule has 1 aromatic rings. The highest BCUT2D eigenvalue weighted by atomic mass is 16.3. The van der Waals surface area contributed by atoms with Crippen molar-refractivity contribution < 1.29 is 9.90 Å². The summed E-state index contributed by atoms with van der Waals surface area (Å²) in [6.45, 7) is 7.81. The van der Waals surface area contributed by atoms with E-state index in [-0.39, 0.29) is 5.91 Å². The average Bonchev–Trinajstić information content (AvgIpc) is 2.73. The molecule has 1 atom stereocenters. The number of nitrogens with zero attached hydrogens (tertiary/aromatic N) is 4. The number of carbonyl (C=O) groups excluding carboxylic acids is 1. The lowest BCUT2D eigenvalue weighted by molar-refractivity contribution is -0.160. The Balaban J connectivity index is 1.32. The third-order valence-corrected chi connectivity index (χ3v) is 7.10. The molecule has 0 bridgehead atoms. The summed E-state index contributed by atoms with van der Waals surface area (Å²) in [5.41, 5.74) is 1.23. The maximum atomic E-state index is 13.2. The van der Waals surface area contributed by atoms with Crippen LogP contribution in [0.4, 0.5) is 5.69 Å². The normalized spacial score (nSPS) is 27.4. The van der Waals surface area contributed by atoms with Crippen LogP contribution in [-0.2, 0) is 4.79 Å². The summed E-state index contributed by atoms with van der Waals surface area (Å²) < 4.78 is 0. The summed E-state index contributed by atoms with van der Waals surface area (Å²) >= 11 is 0. The Labute approximate surface area is 174 Å². The largest absolute Gasteiger partial charge is 0.379 e. The second-order valence-corrected chi connectivity index (χ2v) is 9.32. The molecule has 29 heavy (non-hydrogen) atoms. The summed E-state index contributed by atoms with van der Waals surface area (Å²) in [5.74, 6) is 0.601. The van der Waals surface area contributed by atoms with E-state index in [1.165, 1.54) is 43.4 Å². The number of pyridine rings is 1. The van der Waals surface area contributed by atoms with E-state index >= 15 is 0 Å². The first-order valence-corrected chi connectivity index (χ1v) is 11.4. The van der Waals surface area contributed by atoms with Crippen molar-refractivity contribution in [2.24, 2.45) is 5.92 Å². The van der Waals surface area contributed by atoms with Crippen LogP contribution in [0.3, 0.4) is 0 Å². The third kappa shape index (κ3) is 4.75. The van der Waals surface area contributed by atoms with Crippen molar-refractivity contribution in [2.75, 3.05) is 50.7 Å². The number of hydrogen-bond donors (Lipinski definition) is 1. The molecule has 3 aliphatic rings. The van der Waals surface area contributed by atoms with Gasteiger partial charge in [-0.05, 0) is 50.2 Å². The zero-order valence-corrected chi connectivity index (χ0v) is 17.9. The van der Waals surface area contributed by atoms with Gasteiger partial charge in [0.1, 0.15) is 0 Å². The monoisotopic (exact) mass is 400 g/mol. The van der Waals surface area contributed by atoms with Gasteiger partial charge in [-0.2, -0.15) is 0 Å². The van der Waals surface area contributed by atoms with E-state index in [1.54, 1.807) is 0 Å². The number of rotatable bonds is 5. The number of aryl methyl sites for hydroxylation is 1. The fourth-order valence-corrected chi connectivity index (χ4v) is 5.41. The molecule has 1 saturated carbocycles. The standard InChI is InChI=1S/C23H36N4O2/c1-19-16-24-10-8-21(19)26-14-12-25(13-15-26)18-23(29)9-5-11-27(22(23)28)17-20-6-3-2-4-7-20/h8,10,16,20,29H,2-7,9,11-15,17-18H2,1H3/t23-/m1/s1. The number of likely N-dealkylation sites (tertiary alicyclic amines) is 1. The number of carbonyl (C=O) groups is 1. The van der Waals surface area contributed by atoms with E-state index < -0.39 is 5.60 Å². The second kappa shape index (κ2) is 9.00. The van der Waals surface area contributed by atoms with Gasteiger partial charge in [0.05, 0.1) is 0 Å². The number of aromatic nitrogens is 1. The lowest BCUT2D eigenvalue weighted by Gasteiger charge is -2.44. The van der Waals surface area contributed by atoms with Gasteiger partial charge >= 0.3 is 0 Å². The van der Waals surface area contributed by atoms with Crippen LogP contribution in [0.2, 0.25) is 0 Å². The van der Waals surface area contributed by atoms with E-state index in [4.69, 9.17) is 0 Å². The minimum absolute atomic E-state index is 0.0262. The van der Waals surface area contributed by atoms with Gasteiger partial charge < -0.3 is 14.9 Å². The Hall–Kier alpha value is -1.66. The summed E-state index contributed by atoms with van der Waals surface area (Å²) in [5, 5.41) is 11.3. The quantitative estimate of drug-likeness (QED) is 0.823. The van der Waals surface area contributed by atoms with Crippen LogP contribution in [0.25, 0.3) is 0 Å². The van der Waals surface area contributed by atoms with Crippen molar-refractivity contribution in [3.05, 3.63) is 24.0 Å². The smallest absolute Gasteiger partial charge is 0.255 e. The molecule has 1 aliphatic carbocycles. The lowest BCUT2D eigenvalue weighted by Crippen LogP contribution is -2.61. The molecule has 1 N–H and O–H groups in total. The Morgan fingerprint density at radius 2 is 1.86 bits per heavy atom. The fourth-order valence-electron chi connectivity index (χ4n) is 5.41. The van der Waals surface area contributed by atoms with Gasteiger partial charge in [0.15, 0.2) is 5.60 Å². The first-order valence-electron chi connectivity index (χ1n) is 11.4. The number of aliphatic hydroxyl groups is 1. The van der Waals surface area contributed by atoms with Gasteiger partial charge in [-0.3, -0.25) is 14.7 Å². The third-order valence-electron chi connectivity index (χ3n) is 7.10. The van der Waals surface area contributed by atoms with Gasteiger partial charge in [0.2, 0.25) is 0 Å². The molecular weight excluding hydrogens is 364 g/mol. The molecule has 160 valence electrons. The molecule has 0 aromatic carbocycles. The van der Waals surface area contributed by atoms with Crippen LogP contribution in [0.15, 0.2) is 18.5 Å². The summed E-state index contributed by atoms with van der Waals surface area (Å²) in [6, 6.07) is 2.08. The average molecular weight is 401 g/mol. The molecule has 1 aromatic heterocycles. The van der Waals surface area contributed by atoms with Gasteiger partial charge in [-0.25, -0.2) is 0 Å². The van der Waals surface area contributed by atoms with Crippen molar-refractivity contribution in [1.82, 2.24) is 14.8 Å². The molecule has 0 unspecified atom stereocenters. The summed E-state index contributed by atoms with van der Waals surface area (Å²) in [4.78, 5) is 24.0. The number of hydrogen-bond acceptors (Lipinski definition) is 5. The highest BCUT2D eigenvalue weighted by molar-refractivity contribution is 5.86. The van der Waals surface area contributed by atoms with Crippen molar-refractivity contribution in [2.45, 2.75) is 57.5 Å². The summed E-state index contributed by atoms with van der Waals surface area (Å²) in [7, 11) is 0. The van der Waals surface area contributed by atoms with Gasteiger partial charge in [0, 0.05) is 63.9 Å². The Morgan fingerprint density at radius 3 is 2.59 bits per heavy atom. The Morgan fingerprint density at radius 1 is 1.10 bits per heavy atom. The zero-order chi connectivity index (χ0) is 20.3. The van der Waals surface area contributed by atoms with Gasteiger partial charge in [-0.15, -0.1) is 0 Å². The molecule has 3 heterocycles. The molecule has 0 spiro atoms. The highest BCUT2D eigenvalue weighted by Gasteiger charge is 2.44. The Kier molecular flexibility index (Phi) is 6.40. The molecular formula is C23H36N4O2. The van der Waals surface area contributed by atoms with Gasteiger partial charge in [-0.1, -0.05) is 19.3 Å². The van der Waals surface area contributed by atoms with Crippen LogP contribution in [0.1, 0.15) is 50.5 Å². The van der Waals surface area contributed by atoms with Gasteiger partial charge in [0.25, 0.3) is 5.91 Å². The summed E-state index contributed by atoms with van der Waals surface area (Å²) in [6.07, 6.45) is 11.6. The van der Waals surface area contributed by atoms with E-state index in [0.717, 1.165) is 45.7 Å². The van der Waals surface area contributed by atoms with Crippen molar-refractivity contribution in [3.63, 3.8) is 0 Å². The van der Waals surface area contributed by atoms with Crippen molar-refractivity contribution in [1.29, 1.82) is 0 Å². The van der Waals surface area contributed by atoms with E-state index in [9.17, 15) is 9.90 Å². The van der Waals surface area contributed by atoms with Crippen LogP contribution in [0.5, 0.6) is 0 Å². The number of piperazine rings is 1. The number of β-amino-alcohol motifs (C(OH)–C–C–N with tert-alkyl or cyclic N) is 1. The van der Waals surface area contributed by atoms with Crippen LogP contribution in [-0.4, -0.2) is 77.2 Å². The predicted molar refractivity (Wildman–Crippen MR) is 115 cm³/mol. The van der Waals surface area contributed by atoms with Crippen molar-refractivity contribution in [3.8, 4) is 0 Å². The number of anilines is 1. The van der Waals surface area contributed by atoms with Crippen LogP contribution < -0.4 is 4.90 Å². The van der Waals surface area contributed by atoms with Crippen LogP contribution >= 0.6 is 0 Å². The SMILES string of the molecule is Cc1cnccc1N1CCN(C[C@]2(O)CCCN(CC3CCCCC3)C2=O)CC1. The molecule has 2 aliphatic heterocycles. The molecule has 1 amide bonds. The first kappa shape index (κ1) is 20.6. The van der Waals surface area contributed by atoms with E-state index in [1.807, 2.05) is 17.3 Å². The number of amides is 1. The molecule has 2 saturated heterocycles. The minimum Gasteiger partial charge on any atom is -0.379 e. The minimum atomic E-state index is -1.21. The maximum absolute atomic E-state index is 13.2. The first-order chi connectivity index (χ1) is 14.0. The van der Waals surface area contributed by atoms with E-state index in [0.29, 0.717) is 18.9 Å². The zero-order valence-electron chi connectivity index (χ0n) is 17.9. The molecule has 4 rings (SSSR count).